The van der Waals surface area contributed by atoms with Crippen LogP contribution in [0.2, 0.25) is 0 Å². The van der Waals surface area contributed by atoms with Crippen LogP contribution in [0.15, 0.2) is 0 Å². The van der Waals surface area contributed by atoms with E-state index in [0.29, 0.717) is 12.0 Å². The molecule has 1 amide bonds. The van der Waals surface area contributed by atoms with Crippen LogP contribution in [0.3, 0.4) is 0 Å². The van der Waals surface area contributed by atoms with Gasteiger partial charge in [0.05, 0.1) is 5.54 Å². The van der Waals surface area contributed by atoms with Crippen LogP contribution < -0.4 is 10.6 Å². The summed E-state index contributed by atoms with van der Waals surface area (Å²) >= 11 is 0. The van der Waals surface area contributed by atoms with Gasteiger partial charge in [0.15, 0.2) is 0 Å². The second-order valence-electron chi connectivity index (χ2n) is 6.84. The molecular weight excluding hydrogens is 236 g/mol. The molecule has 110 valence electrons. The molecule has 3 nitrogen and oxygen atoms in total. The van der Waals surface area contributed by atoms with Gasteiger partial charge in [0.1, 0.15) is 0 Å². The van der Waals surface area contributed by atoms with E-state index < -0.39 is 0 Å². The minimum atomic E-state index is -0.266. The molecule has 1 saturated heterocycles. The van der Waals surface area contributed by atoms with Gasteiger partial charge in [-0.2, -0.15) is 0 Å². The Hall–Kier alpha value is -0.570. The Kier molecular flexibility index (Phi) is 4.88. The molecule has 2 rings (SSSR count). The van der Waals surface area contributed by atoms with Crippen molar-refractivity contribution in [3.05, 3.63) is 0 Å². The van der Waals surface area contributed by atoms with Crippen LogP contribution in [0.5, 0.6) is 0 Å². The summed E-state index contributed by atoms with van der Waals surface area (Å²) in [6.07, 6.45) is 7.82. The maximum absolute atomic E-state index is 12.7. The molecule has 0 aromatic rings. The molecule has 3 heteroatoms. The second kappa shape index (κ2) is 6.25. The number of nitrogens with one attached hydrogen (secondary N) is 2. The fourth-order valence-electron chi connectivity index (χ4n) is 3.94. The zero-order chi connectivity index (χ0) is 13.9. The minimum Gasteiger partial charge on any atom is -0.351 e. The van der Waals surface area contributed by atoms with E-state index in [4.69, 9.17) is 0 Å². The van der Waals surface area contributed by atoms with Gasteiger partial charge in [-0.3, -0.25) is 4.79 Å². The molecule has 1 aliphatic heterocycles. The number of hydrogen-bond acceptors (Lipinski definition) is 2. The van der Waals surface area contributed by atoms with Gasteiger partial charge in [0, 0.05) is 6.04 Å². The zero-order valence-electron chi connectivity index (χ0n) is 12.8. The first kappa shape index (κ1) is 14.8. The molecule has 19 heavy (non-hydrogen) atoms. The second-order valence-corrected chi connectivity index (χ2v) is 6.84. The SMILES string of the molecule is CCCC1(C(=O)NC2CCC(C)CC2C)CCCN1. The van der Waals surface area contributed by atoms with Gasteiger partial charge in [0.25, 0.3) is 0 Å². The van der Waals surface area contributed by atoms with Crippen LogP contribution in [0.4, 0.5) is 0 Å². The maximum atomic E-state index is 12.7. The number of amides is 1. The van der Waals surface area contributed by atoms with Crippen molar-refractivity contribution in [3.63, 3.8) is 0 Å². The molecule has 0 radical (unpaired) electrons. The van der Waals surface area contributed by atoms with Gasteiger partial charge in [0.2, 0.25) is 5.91 Å². The quantitative estimate of drug-likeness (QED) is 0.821. The Morgan fingerprint density at radius 1 is 1.37 bits per heavy atom. The summed E-state index contributed by atoms with van der Waals surface area (Å²) in [6.45, 7) is 7.77. The molecule has 1 aliphatic carbocycles. The van der Waals surface area contributed by atoms with Crippen molar-refractivity contribution in [2.24, 2.45) is 11.8 Å². The smallest absolute Gasteiger partial charge is 0.240 e. The molecule has 2 aliphatic rings. The molecule has 4 unspecified atom stereocenters. The molecule has 0 aromatic heterocycles. The van der Waals surface area contributed by atoms with Crippen LogP contribution in [-0.4, -0.2) is 24.0 Å². The summed E-state index contributed by atoms with van der Waals surface area (Å²) in [5, 5.41) is 6.83. The van der Waals surface area contributed by atoms with E-state index in [0.717, 1.165) is 44.6 Å². The highest BCUT2D eigenvalue weighted by atomic mass is 16.2. The highest BCUT2D eigenvalue weighted by molar-refractivity contribution is 5.87. The van der Waals surface area contributed by atoms with Crippen molar-refractivity contribution in [2.45, 2.75) is 77.3 Å². The van der Waals surface area contributed by atoms with E-state index in [2.05, 4.69) is 31.4 Å². The monoisotopic (exact) mass is 266 g/mol. The van der Waals surface area contributed by atoms with Gasteiger partial charge in [-0.1, -0.05) is 27.2 Å². The predicted octanol–water partition coefficient (Wildman–Crippen LogP) is 2.85. The summed E-state index contributed by atoms with van der Waals surface area (Å²) < 4.78 is 0. The first-order chi connectivity index (χ1) is 9.07. The van der Waals surface area contributed by atoms with Gasteiger partial charge in [-0.05, 0) is 56.9 Å². The number of rotatable bonds is 4. The van der Waals surface area contributed by atoms with Crippen molar-refractivity contribution in [2.75, 3.05) is 6.54 Å². The normalized spacial score (nSPS) is 39.2. The Balaban J connectivity index is 1.95. The van der Waals surface area contributed by atoms with Gasteiger partial charge in [-0.25, -0.2) is 0 Å². The first-order valence-electron chi connectivity index (χ1n) is 8.13. The molecule has 1 heterocycles. The number of carbonyl (C=O) groups is 1. The highest BCUT2D eigenvalue weighted by Gasteiger charge is 2.41. The Morgan fingerprint density at radius 2 is 2.16 bits per heavy atom. The molecular formula is C16H30N2O. The van der Waals surface area contributed by atoms with E-state index in [1.807, 2.05) is 0 Å². The summed E-state index contributed by atoms with van der Waals surface area (Å²) in [7, 11) is 0. The van der Waals surface area contributed by atoms with Crippen molar-refractivity contribution < 1.29 is 4.79 Å². The standard InChI is InChI=1S/C16H30N2O/c1-4-8-16(9-5-10-17-16)15(19)18-14-7-6-12(2)11-13(14)3/h12-14,17H,4-11H2,1-3H3,(H,18,19). The summed E-state index contributed by atoms with van der Waals surface area (Å²) in [6, 6.07) is 0.389. The lowest BCUT2D eigenvalue weighted by Gasteiger charge is -2.36. The Labute approximate surface area is 117 Å². The molecule has 2 fully saturated rings. The minimum absolute atomic E-state index is 0.262. The average molecular weight is 266 g/mol. The third kappa shape index (κ3) is 3.31. The first-order valence-corrected chi connectivity index (χ1v) is 8.13. The lowest BCUT2D eigenvalue weighted by atomic mass is 9.79. The van der Waals surface area contributed by atoms with Crippen molar-refractivity contribution >= 4 is 5.91 Å². The largest absolute Gasteiger partial charge is 0.351 e. The van der Waals surface area contributed by atoms with Crippen LogP contribution in [0, 0.1) is 11.8 Å². The lowest BCUT2D eigenvalue weighted by molar-refractivity contribution is -0.128. The zero-order valence-corrected chi connectivity index (χ0v) is 12.8. The van der Waals surface area contributed by atoms with E-state index in [1.54, 1.807) is 0 Å². The average Bonchev–Trinajstić information content (AvgIpc) is 2.83. The van der Waals surface area contributed by atoms with E-state index in [-0.39, 0.29) is 11.4 Å². The molecule has 0 spiro atoms. The third-order valence-corrected chi connectivity index (χ3v) is 5.10. The molecule has 4 atom stereocenters. The number of carbonyl (C=O) groups excluding carboxylic acids is 1. The molecule has 0 aromatic carbocycles. The van der Waals surface area contributed by atoms with Crippen LogP contribution in [0.1, 0.15) is 65.7 Å². The van der Waals surface area contributed by atoms with Crippen molar-refractivity contribution in [3.8, 4) is 0 Å². The van der Waals surface area contributed by atoms with Crippen LogP contribution in [0.25, 0.3) is 0 Å². The Morgan fingerprint density at radius 3 is 2.74 bits per heavy atom. The Bertz CT molecular complexity index is 310. The van der Waals surface area contributed by atoms with Crippen molar-refractivity contribution in [1.29, 1.82) is 0 Å². The molecule has 0 bridgehead atoms. The van der Waals surface area contributed by atoms with Crippen molar-refractivity contribution in [1.82, 2.24) is 10.6 Å². The van der Waals surface area contributed by atoms with Gasteiger partial charge >= 0.3 is 0 Å². The predicted molar refractivity (Wildman–Crippen MR) is 79.0 cm³/mol. The van der Waals surface area contributed by atoms with E-state index >= 15 is 0 Å². The van der Waals surface area contributed by atoms with E-state index in [1.165, 1.54) is 12.8 Å². The van der Waals surface area contributed by atoms with Gasteiger partial charge < -0.3 is 10.6 Å². The fraction of sp³-hybridized carbons (Fsp3) is 0.938. The molecule has 2 N–H and O–H groups in total. The highest BCUT2D eigenvalue weighted by Crippen LogP contribution is 2.30. The summed E-state index contributed by atoms with van der Waals surface area (Å²) in [5.41, 5.74) is -0.266. The maximum Gasteiger partial charge on any atom is 0.240 e. The molecule has 1 saturated carbocycles. The topological polar surface area (TPSA) is 41.1 Å². The third-order valence-electron chi connectivity index (χ3n) is 5.10. The number of hydrogen-bond donors (Lipinski definition) is 2. The van der Waals surface area contributed by atoms with E-state index in [9.17, 15) is 4.79 Å². The summed E-state index contributed by atoms with van der Waals surface area (Å²) in [5.74, 6) is 1.70. The summed E-state index contributed by atoms with van der Waals surface area (Å²) in [4.78, 5) is 12.7. The van der Waals surface area contributed by atoms with Crippen LogP contribution in [-0.2, 0) is 4.79 Å². The van der Waals surface area contributed by atoms with Crippen LogP contribution >= 0.6 is 0 Å². The van der Waals surface area contributed by atoms with Gasteiger partial charge in [-0.15, -0.1) is 0 Å². The fourth-order valence-corrected chi connectivity index (χ4v) is 3.94. The lowest BCUT2D eigenvalue weighted by Crippen LogP contribution is -2.57.